The minimum atomic E-state index is 0.0162. The van der Waals surface area contributed by atoms with Crippen LogP contribution in [0.2, 0.25) is 0 Å². The van der Waals surface area contributed by atoms with E-state index in [2.05, 4.69) is 27.5 Å². The highest BCUT2D eigenvalue weighted by atomic mass is 32.2. The average Bonchev–Trinajstić information content (AvgIpc) is 2.95. The first-order valence-corrected chi connectivity index (χ1v) is 9.93. The van der Waals surface area contributed by atoms with Crippen LogP contribution >= 0.6 is 11.8 Å². The zero-order chi connectivity index (χ0) is 17.6. The van der Waals surface area contributed by atoms with Crippen LogP contribution in [0.3, 0.4) is 0 Å². The van der Waals surface area contributed by atoms with Gasteiger partial charge in [-0.1, -0.05) is 5.16 Å². The fraction of sp³-hybridized carbons (Fsp3) is 0.474. The largest absolute Gasteiger partial charge is 0.372 e. The predicted molar refractivity (Wildman–Crippen MR) is 103 cm³/mol. The van der Waals surface area contributed by atoms with Gasteiger partial charge in [0.25, 0.3) is 0 Å². The second-order valence-electron chi connectivity index (χ2n) is 6.44. The van der Waals surface area contributed by atoms with E-state index in [0.717, 1.165) is 41.5 Å². The second kappa shape index (κ2) is 8.43. The molecule has 1 saturated heterocycles. The van der Waals surface area contributed by atoms with E-state index >= 15 is 0 Å². The number of hydrogen-bond donors (Lipinski definition) is 1. The van der Waals surface area contributed by atoms with Gasteiger partial charge in [-0.25, -0.2) is 0 Å². The number of rotatable bonds is 6. The Morgan fingerprint density at radius 2 is 1.92 bits per heavy atom. The maximum Gasteiger partial charge on any atom is 0.234 e. The van der Waals surface area contributed by atoms with Gasteiger partial charge in [0, 0.05) is 35.8 Å². The molecule has 1 fully saturated rings. The van der Waals surface area contributed by atoms with Gasteiger partial charge in [-0.05, 0) is 57.4 Å². The van der Waals surface area contributed by atoms with Crippen molar-refractivity contribution in [3.05, 3.63) is 41.3 Å². The summed E-state index contributed by atoms with van der Waals surface area (Å²) in [5, 5.41) is 6.90. The Morgan fingerprint density at radius 3 is 2.56 bits per heavy atom. The fourth-order valence-electron chi connectivity index (χ4n) is 3.06. The number of nitrogens with one attached hydrogen (secondary N) is 1. The van der Waals surface area contributed by atoms with Crippen molar-refractivity contribution in [2.45, 2.75) is 38.9 Å². The van der Waals surface area contributed by atoms with Crippen molar-refractivity contribution in [3.63, 3.8) is 0 Å². The summed E-state index contributed by atoms with van der Waals surface area (Å²) < 4.78 is 5.14. The zero-order valence-corrected chi connectivity index (χ0v) is 15.7. The van der Waals surface area contributed by atoms with Crippen LogP contribution in [0.5, 0.6) is 0 Å². The van der Waals surface area contributed by atoms with Crippen LogP contribution in [0.1, 0.15) is 36.3 Å². The molecule has 0 atom stereocenters. The molecule has 0 saturated carbocycles. The van der Waals surface area contributed by atoms with Gasteiger partial charge < -0.3 is 14.7 Å². The van der Waals surface area contributed by atoms with E-state index in [-0.39, 0.29) is 5.91 Å². The van der Waals surface area contributed by atoms with Gasteiger partial charge >= 0.3 is 0 Å². The molecule has 134 valence electrons. The SMILES string of the molecule is Cc1noc(C)c1CSCC(=O)Nc1ccc(N2CCCCC2)cc1. The first-order valence-electron chi connectivity index (χ1n) is 8.78. The van der Waals surface area contributed by atoms with Gasteiger partial charge in [-0.3, -0.25) is 4.79 Å². The van der Waals surface area contributed by atoms with Crippen LogP contribution < -0.4 is 10.2 Å². The van der Waals surface area contributed by atoms with E-state index in [1.807, 2.05) is 26.0 Å². The first kappa shape index (κ1) is 17.9. The minimum Gasteiger partial charge on any atom is -0.372 e. The number of nitrogens with zero attached hydrogens (tertiary/aromatic N) is 2. The first-order chi connectivity index (χ1) is 12.1. The molecule has 1 N–H and O–H groups in total. The van der Waals surface area contributed by atoms with Crippen molar-refractivity contribution in [3.8, 4) is 0 Å². The van der Waals surface area contributed by atoms with E-state index < -0.39 is 0 Å². The summed E-state index contributed by atoms with van der Waals surface area (Å²) in [6, 6.07) is 8.16. The third-order valence-corrected chi connectivity index (χ3v) is 5.49. The molecule has 0 aliphatic carbocycles. The molecule has 0 bridgehead atoms. The van der Waals surface area contributed by atoms with Gasteiger partial charge in [-0.15, -0.1) is 11.8 Å². The van der Waals surface area contributed by atoms with Crippen molar-refractivity contribution >= 4 is 29.0 Å². The van der Waals surface area contributed by atoms with Crippen LogP contribution in [0.25, 0.3) is 0 Å². The number of aryl methyl sites for hydroxylation is 2. The summed E-state index contributed by atoms with van der Waals surface area (Å²) >= 11 is 1.57. The molecule has 25 heavy (non-hydrogen) atoms. The predicted octanol–water partition coefficient (Wildman–Crippen LogP) is 4.15. The zero-order valence-electron chi connectivity index (χ0n) is 14.9. The lowest BCUT2D eigenvalue weighted by molar-refractivity contribution is -0.113. The number of amides is 1. The minimum absolute atomic E-state index is 0.0162. The molecule has 2 heterocycles. The number of thioether (sulfide) groups is 1. The van der Waals surface area contributed by atoms with Crippen LogP contribution in [0, 0.1) is 13.8 Å². The summed E-state index contributed by atoms with van der Waals surface area (Å²) in [4.78, 5) is 14.5. The standard InChI is InChI=1S/C19H25N3O2S/c1-14-18(15(2)24-21-14)12-25-13-19(23)20-16-6-8-17(9-7-16)22-10-4-3-5-11-22/h6-9H,3-5,10-13H2,1-2H3,(H,20,23). The lowest BCUT2D eigenvalue weighted by atomic mass is 10.1. The average molecular weight is 359 g/mol. The molecule has 1 aliphatic heterocycles. The van der Waals surface area contributed by atoms with E-state index in [9.17, 15) is 4.79 Å². The van der Waals surface area contributed by atoms with Gasteiger partial charge in [0.1, 0.15) is 5.76 Å². The monoisotopic (exact) mass is 359 g/mol. The highest BCUT2D eigenvalue weighted by Crippen LogP contribution is 2.22. The molecule has 1 amide bonds. The van der Waals surface area contributed by atoms with Crippen LogP contribution in [-0.4, -0.2) is 29.9 Å². The molecule has 3 rings (SSSR count). The smallest absolute Gasteiger partial charge is 0.234 e. The number of carbonyl (C=O) groups excluding carboxylic acids is 1. The Bertz CT molecular complexity index is 686. The van der Waals surface area contributed by atoms with E-state index in [0.29, 0.717) is 5.75 Å². The Hall–Kier alpha value is -1.95. The maximum absolute atomic E-state index is 12.1. The summed E-state index contributed by atoms with van der Waals surface area (Å²) in [5.74, 6) is 2.00. The molecule has 0 radical (unpaired) electrons. The van der Waals surface area contributed by atoms with E-state index in [1.165, 1.54) is 24.9 Å². The van der Waals surface area contributed by atoms with Gasteiger partial charge in [-0.2, -0.15) is 0 Å². The summed E-state index contributed by atoms with van der Waals surface area (Å²) in [6.45, 7) is 6.09. The summed E-state index contributed by atoms with van der Waals surface area (Å²) in [6.07, 6.45) is 3.86. The quantitative estimate of drug-likeness (QED) is 0.839. The topological polar surface area (TPSA) is 58.4 Å². The summed E-state index contributed by atoms with van der Waals surface area (Å²) in [5.41, 5.74) is 4.08. The maximum atomic E-state index is 12.1. The Morgan fingerprint density at radius 1 is 1.20 bits per heavy atom. The molecular weight excluding hydrogens is 334 g/mol. The number of benzene rings is 1. The molecule has 1 aliphatic rings. The number of carbonyl (C=O) groups is 1. The molecule has 0 spiro atoms. The Labute approximate surface area is 153 Å². The number of hydrogen-bond acceptors (Lipinski definition) is 5. The third-order valence-electron chi connectivity index (χ3n) is 4.53. The van der Waals surface area contributed by atoms with Crippen molar-refractivity contribution in [1.82, 2.24) is 5.16 Å². The highest BCUT2D eigenvalue weighted by molar-refractivity contribution is 7.99. The van der Waals surface area contributed by atoms with Crippen molar-refractivity contribution in [1.29, 1.82) is 0 Å². The molecule has 0 unspecified atom stereocenters. The normalized spacial score (nSPS) is 14.6. The van der Waals surface area contributed by atoms with E-state index in [1.54, 1.807) is 11.8 Å². The molecule has 2 aromatic rings. The number of aromatic nitrogens is 1. The van der Waals surface area contributed by atoms with Crippen LogP contribution in [0.4, 0.5) is 11.4 Å². The van der Waals surface area contributed by atoms with E-state index in [4.69, 9.17) is 4.52 Å². The number of anilines is 2. The molecule has 6 heteroatoms. The van der Waals surface area contributed by atoms with Crippen molar-refractivity contribution < 1.29 is 9.32 Å². The van der Waals surface area contributed by atoms with Crippen molar-refractivity contribution in [2.75, 3.05) is 29.1 Å². The molecule has 5 nitrogen and oxygen atoms in total. The lowest BCUT2D eigenvalue weighted by Crippen LogP contribution is -2.29. The van der Waals surface area contributed by atoms with Crippen LogP contribution in [-0.2, 0) is 10.5 Å². The van der Waals surface area contributed by atoms with Gasteiger partial charge in [0.2, 0.25) is 5.91 Å². The lowest BCUT2D eigenvalue weighted by Gasteiger charge is -2.28. The second-order valence-corrected chi connectivity index (χ2v) is 7.42. The molecular formula is C19H25N3O2S. The van der Waals surface area contributed by atoms with Crippen molar-refractivity contribution in [2.24, 2.45) is 0 Å². The van der Waals surface area contributed by atoms with Gasteiger partial charge in [0.15, 0.2) is 0 Å². The highest BCUT2D eigenvalue weighted by Gasteiger charge is 2.12. The summed E-state index contributed by atoms with van der Waals surface area (Å²) in [7, 11) is 0. The number of piperidine rings is 1. The van der Waals surface area contributed by atoms with Crippen LogP contribution in [0.15, 0.2) is 28.8 Å². The van der Waals surface area contributed by atoms with Gasteiger partial charge in [0.05, 0.1) is 11.4 Å². The molecule has 1 aromatic heterocycles. The third kappa shape index (κ3) is 4.78. The Kier molecular flexibility index (Phi) is 6.02. The molecule has 1 aromatic carbocycles. The fourth-order valence-corrected chi connectivity index (χ4v) is 4.03. The Balaban J connectivity index is 1.46.